The van der Waals surface area contributed by atoms with Crippen LogP contribution in [0.2, 0.25) is 25.1 Å². The summed E-state index contributed by atoms with van der Waals surface area (Å²) in [5, 5.41) is 5.88. The topological polar surface area (TPSA) is 61.3 Å². The van der Waals surface area contributed by atoms with Gasteiger partial charge in [-0.1, -0.05) is 63.2 Å². The molecule has 0 saturated heterocycles. The molecule has 2 aromatic carbocycles. The number of benzene rings is 2. The molecule has 0 N–H and O–H groups in total. The molecular formula is C19H9Cl5N2O3. The molecule has 2 aromatic heterocycles. The molecular weight excluding hydrogens is 481 g/mol. The van der Waals surface area contributed by atoms with Crippen LogP contribution < -0.4 is 4.74 Å². The van der Waals surface area contributed by atoms with Crippen molar-refractivity contribution in [3.63, 3.8) is 0 Å². The number of nitrogens with zero attached hydrogens (tertiary/aromatic N) is 2. The minimum Gasteiger partial charge on any atom is -0.483 e. The van der Waals surface area contributed by atoms with E-state index in [1.54, 1.807) is 42.5 Å². The highest BCUT2D eigenvalue weighted by atomic mass is 35.5. The number of aromatic nitrogens is 2. The number of rotatable bonds is 5. The van der Waals surface area contributed by atoms with Crippen molar-refractivity contribution in [3.8, 4) is 28.8 Å². The third-order valence-corrected chi connectivity index (χ3v) is 5.12. The number of hydrogen-bond acceptors (Lipinski definition) is 5. The minimum atomic E-state index is 0.0884. The van der Waals surface area contributed by atoms with Gasteiger partial charge in [0.05, 0.1) is 15.1 Å². The highest BCUT2D eigenvalue weighted by Crippen LogP contribution is 2.36. The van der Waals surface area contributed by atoms with Crippen LogP contribution in [0, 0.1) is 0 Å². The van der Waals surface area contributed by atoms with E-state index in [0.717, 1.165) is 0 Å². The van der Waals surface area contributed by atoms with E-state index in [2.05, 4.69) is 10.1 Å². The maximum atomic E-state index is 6.18. The largest absolute Gasteiger partial charge is 0.483 e. The molecule has 4 aromatic rings. The summed E-state index contributed by atoms with van der Waals surface area (Å²) in [6, 6.07) is 11.5. The zero-order valence-corrected chi connectivity index (χ0v) is 18.0. The Hall–Kier alpha value is -1.89. The van der Waals surface area contributed by atoms with Gasteiger partial charge in [-0.15, -0.1) is 0 Å². The summed E-state index contributed by atoms with van der Waals surface area (Å²) in [5.74, 6) is 1.70. The molecule has 0 spiro atoms. The fourth-order valence-corrected chi connectivity index (χ4v) is 3.90. The van der Waals surface area contributed by atoms with Gasteiger partial charge in [-0.25, -0.2) is 0 Å². The molecule has 0 saturated carbocycles. The van der Waals surface area contributed by atoms with Crippen molar-refractivity contribution in [1.82, 2.24) is 10.1 Å². The Bertz CT molecular complexity index is 1170. The molecule has 10 heteroatoms. The van der Waals surface area contributed by atoms with Crippen molar-refractivity contribution in [2.75, 3.05) is 0 Å². The average Bonchev–Trinajstić information content (AvgIpc) is 3.30. The third kappa shape index (κ3) is 4.49. The van der Waals surface area contributed by atoms with Crippen molar-refractivity contribution in [2.24, 2.45) is 0 Å². The normalized spacial score (nSPS) is 11.1. The fraction of sp³-hybridized carbons (Fsp3) is 0.0526. The molecule has 0 aliphatic heterocycles. The van der Waals surface area contributed by atoms with Gasteiger partial charge in [0.15, 0.2) is 11.5 Å². The van der Waals surface area contributed by atoms with E-state index in [4.69, 9.17) is 71.7 Å². The second-order valence-electron chi connectivity index (χ2n) is 5.80. The predicted octanol–water partition coefficient (Wildman–Crippen LogP) is 7.84. The van der Waals surface area contributed by atoms with Crippen molar-refractivity contribution < 1.29 is 13.7 Å². The summed E-state index contributed by atoms with van der Waals surface area (Å²) >= 11 is 30.2. The molecule has 148 valence electrons. The van der Waals surface area contributed by atoms with Gasteiger partial charge in [-0.2, -0.15) is 4.98 Å². The van der Waals surface area contributed by atoms with E-state index >= 15 is 0 Å². The van der Waals surface area contributed by atoms with Crippen LogP contribution in [0.3, 0.4) is 0 Å². The zero-order chi connectivity index (χ0) is 20.5. The van der Waals surface area contributed by atoms with Crippen LogP contribution in [0.1, 0.15) is 5.76 Å². The average molecular weight is 491 g/mol. The van der Waals surface area contributed by atoms with Crippen LogP contribution in [0.15, 0.2) is 51.4 Å². The van der Waals surface area contributed by atoms with Gasteiger partial charge in [0.25, 0.3) is 5.89 Å². The fourth-order valence-electron chi connectivity index (χ4n) is 2.48. The number of hydrogen-bond donors (Lipinski definition) is 0. The van der Waals surface area contributed by atoms with Crippen LogP contribution in [0.25, 0.3) is 23.0 Å². The summed E-state index contributed by atoms with van der Waals surface area (Å²) in [7, 11) is 0. The van der Waals surface area contributed by atoms with E-state index in [1.165, 1.54) is 0 Å². The summed E-state index contributed by atoms with van der Waals surface area (Å²) in [6.07, 6.45) is 0. The molecule has 0 amide bonds. The predicted molar refractivity (Wildman–Crippen MR) is 113 cm³/mol. The van der Waals surface area contributed by atoms with Crippen molar-refractivity contribution >= 4 is 58.0 Å². The van der Waals surface area contributed by atoms with Crippen LogP contribution in [-0.4, -0.2) is 10.1 Å². The molecule has 0 unspecified atom stereocenters. The van der Waals surface area contributed by atoms with E-state index in [-0.39, 0.29) is 12.5 Å². The number of halogens is 5. The van der Waals surface area contributed by atoms with Crippen LogP contribution in [0.5, 0.6) is 5.75 Å². The monoisotopic (exact) mass is 488 g/mol. The Balaban J connectivity index is 1.51. The molecule has 0 bridgehead atoms. The molecule has 0 aliphatic carbocycles. The number of ether oxygens (including phenoxy) is 1. The summed E-state index contributed by atoms with van der Waals surface area (Å²) < 4.78 is 16.6. The van der Waals surface area contributed by atoms with Gasteiger partial charge in [-0.3, -0.25) is 0 Å². The van der Waals surface area contributed by atoms with Gasteiger partial charge in [0, 0.05) is 15.6 Å². The first-order valence-corrected chi connectivity index (χ1v) is 9.95. The van der Waals surface area contributed by atoms with Gasteiger partial charge >= 0.3 is 0 Å². The Labute approximate surface area is 190 Å². The quantitative estimate of drug-likeness (QED) is 0.285. The first kappa shape index (κ1) is 20.4. The Morgan fingerprint density at radius 1 is 0.828 bits per heavy atom. The Kier molecular flexibility index (Phi) is 5.95. The zero-order valence-electron chi connectivity index (χ0n) is 14.3. The Morgan fingerprint density at radius 2 is 1.55 bits per heavy atom. The van der Waals surface area contributed by atoms with E-state index < -0.39 is 0 Å². The van der Waals surface area contributed by atoms with Gasteiger partial charge < -0.3 is 13.7 Å². The second kappa shape index (κ2) is 8.46. The summed E-state index contributed by atoms with van der Waals surface area (Å²) in [4.78, 5) is 4.31. The van der Waals surface area contributed by atoms with E-state index in [1.807, 2.05) is 0 Å². The maximum absolute atomic E-state index is 6.18. The maximum Gasteiger partial charge on any atom is 0.293 e. The molecule has 0 atom stereocenters. The minimum absolute atomic E-state index is 0.0884. The van der Waals surface area contributed by atoms with Crippen LogP contribution >= 0.6 is 58.0 Å². The van der Waals surface area contributed by atoms with Crippen LogP contribution in [-0.2, 0) is 6.61 Å². The smallest absolute Gasteiger partial charge is 0.293 e. The van der Waals surface area contributed by atoms with Gasteiger partial charge in [0.2, 0.25) is 5.82 Å². The van der Waals surface area contributed by atoms with E-state index in [9.17, 15) is 0 Å². The molecule has 29 heavy (non-hydrogen) atoms. The van der Waals surface area contributed by atoms with E-state index in [0.29, 0.717) is 53.8 Å². The molecule has 0 radical (unpaired) electrons. The molecule has 4 rings (SSSR count). The highest BCUT2D eigenvalue weighted by molar-refractivity contribution is 6.40. The van der Waals surface area contributed by atoms with Gasteiger partial charge in [-0.05, 0) is 42.5 Å². The highest BCUT2D eigenvalue weighted by Gasteiger charge is 2.17. The lowest BCUT2D eigenvalue weighted by Gasteiger charge is -2.08. The number of furan rings is 1. The molecule has 5 nitrogen and oxygen atoms in total. The molecule has 0 fully saturated rings. The van der Waals surface area contributed by atoms with Gasteiger partial charge in [0.1, 0.15) is 12.4 Å². The van der Waals surface area contributed by atoms with Crippen LogP contribution in [0.4, 0.5) is 0 Å². The Morgan fingerprint density at radius 3 is 2.28 bits per heavy atom. The van der Waals surface area contributed by atoms with Crippen molar-refractivity contribution in [2.45, 2.75) is 6.61 Å². The standard InChI is InChI=1S/C19H9Cl5N2O3/c20-9-1-3-12(13(22)5-9)18-25-19(29-26-18)16-4-2-11(28-16)8-27-17-14(23)6-10(21)7-15(17)24/h1-7H,8H2. The molecule has 0 aliphatic rings. The summed E-state index contributed by atoms with van der Waals surface area (Å²) in [5.41, 5.74) is 0.591. The lowest BCUT2D eigenvalue weighted by molar-refractivity contribution is 0.270. The SMILES string of the molecule is Clc1ccc(-c2noc(-c3ccc(COc4c(Cl)cc(Cl)cc4Cl)o3)n2)c(Cl)c1. The first-order valence-electron chi connectivity index (χ1n) is 8.06. The first-order chi connectivity index (χ1) is 13.9. The third-order valence-electron chi connectivity index (χ3n) is 3.79. The van der Waals surface area contributed by atoms with Crippen molar-refractivity contribution in [1.29, 1.82) is 0 Å². The lowest BCUT2D eigenvalue weighted by Crippen LogP contribution is -1.95. The summed E-state index contributed by atoms with van der Waals surface area (Å²) in [6.45, 7) is 0.0884. The lowest BCUT2D eigenvalue weighted by atomic mass is 10.2. The molecule has 2 heterocycles. The van der Waals surface area contributed by atoms with Crippen molar-refractivity contribution in [3.05, 3.63) is 73.3 Å². The second-order valence-corrected chi connectivity index (χ2v) is 7.89.